The lowest BCUT2D eigenvalue weighted by atomic mass is 10.1. The van der Waals surface area contributed by atoms with Crippen LogP contribution in [-0.2, 0) is 0 Å². The van der Waals surface area contributed by atoms with Crippen molar-refractivity contribution in [3.63, 3.8) is 0 Å². The first kappa shape index (κ1) is 24.4. The van der Waals surface area contributed by atoms with Gasteiger partial charge in [-0.2, -0.15) is 10.1 Å². The largest absolute Gasteiger partial charge is 0.573 e. The van der Waals surface area contributed by atoms with Gasteiger partial charge in [0.05, 0.1) is 18.8 Å². The van der Waals surface area contributed by atoms with Gasteiger partial charge in [0, 0.05) is 5.56 Å². The van der Waals surface area contributed by atoms with Crippen LogP contribution in [0.2, 0.25) is 0 Å². The summed E-state index contributed by atoms with van der Waals surface area (Å²) in [5.74, 6) is 0.00156. The number of hydrogen-bond donors (Lipinski definition) is 0. The topological polar surface area (TPSA) is 62.1 Å². The summed E-state index contributed by atoms with van der Waals surface area (Å²) in [7, 11) is 1.49. The second kappa shape index (κ2) is 9.98. The van der Waals surface area contributed by atoms with Crippen molar-refractivity contribution in [3.05, 3.63) is 29.5 Å². The van der Waals surface area contributed by atoms with Crippen molar-refractivity contribution in [2.45, 2.75) is 66.8 Å². The molecule has 9 heteroatoms. The fourth-order valence-electron chi connectivity index (χ4n) is 3.38. The fourth-order valence-corrected chi connectivity index (χ4v) is 3.38. The van der Waals surface area contributed by atoms with Gasteiger partial charge in [-0.25, -0.2) is 9.67 Å². The monoisotopic (exact) mass is 438 g/mol. The molecule has 0 amide bonds. The Morgan fingerprint density at radius 3 is 2.23 bits per heavy atom. The molecular formula is C22H29F3N4O2. The number of aromatic nitrogens is 4. The van der Waals surface area contributed by atoms with Crippen molar-refractivity contribution < 1.29 is 22.6 Å². The van der Waals surface area contributed by atoms with Crippen LogP contribution in [0.3, 0.4) is 0 Å². The summed E-state index contributed by atoms with van der Waals surface area (Å²) in [6, 6.07) is 4.28. The van der Waals surface area contributed by atoms with Crippen LogP contribution in [0.5, 0.6) is 11.6 Å². The van der Waals surface area contributed by atoms with E-state index < -0.39 is 6.36 Å². The van der Waals surface area contributed by atoms with Gasteiger partial charge in [-0.05, 0) is 50.5 Å². The van der Waals surface area contributed by atoms with Gasteiger partial charge >= 0.3 is 6.36 Å². The zero-order valence-electron chi connectivity index (χ0n) is 19.0. The van der Waals surface area contributed by atoms with Crippen LogP contribution in [0.4, 0.5) is 13.2 Å². The Bertz CT molecular complexity index is 1030. The summed E-state index contributed by atoms with van der Waals surface area (Å²) < 4.78 is 48.8. The van der Waals surface area contributed by atoms with Gasteiger partial charge in [0.15, 0.2) is 5.65 Å². The smallest absolute Gasteiger partial charge is 0.479 e. The van der Waals surface area contributed by atoms with E-state index in [1.54, 1.807) is 6.92 Å². The van der Waals surface area contributed by atoms with Crippen molar-refractivity contribution >= 4 is 11.2 Å². The first-order chi connectivity index (χ1) is 14.7. The van der Waals surface area contributed by atoms with Crippen LogP contribution in [-0.4, -0.2) is 33.2 Å². The van der Waals surface area contributed by atoms with Crippen molar-refractivity contribution in [1.82, 2.24) is 19.7 Å². The molecule has 0 saturated heterocycles. The highest BCUT2D eigenvalue weighted by atomic mass is 19.4. The van der Waals surface area contributed by atoms with Crippen molar-refractivity contribution in [1.29, 1.82) is 0 Å². The van der Waals surface area contributed by atoms with Gasteiger partial charge < -0.3 is 9.47 Å². The maximum absolute atomic E-state index is 12.5. The molecule has 1 aromatic carbocycles. The molecule has 0 N–H and O–H groups in total. The van der Waals surface area contributed by atoms with E-state index in [1.165, 1.54) is 25.3 Å². The van der Waals surface area contributed by atoms with E-state index >= 15 is 0 Å². The van der Waals surface area contributed by atoms with Crippen molar-refractivity contribution in [3.8, 4) is 22.9 Å². The lowest BCUT2D eigenvalue weighted by Gasteiger charge is -2.15. The lowest BCUT2D eigenvalue weighted by molar-refractivity contribution is -0.274. The molecule has 31 heavy (non-hydrogen) atoms. The molecule has 0 aliphatic heterocycles. The number of methoxy groups -OCH3 is 1. The number of nitrogens with zero attached hydrogens (tertiary/aromatic N) is 4. The number of aryl methyl sites for hydroxylation is 2. The zero-order chi connectivity index (χ0) is 23.3. The Labute approximate surface area is 180 Å². The molecule has 3 aromatic rings. The second-order valence-corrected chi connectivity index (χ2v) is 6.78. The SMILES string of the molecule is CC.CCC(CC)n1nc(C)c2nc(-c3ccc(OC(F)(F)F)cc3C)c(OC)nc21. The highest BCUT2D eigenvalue weighted by molar-refractivity contribution is 5.80. The summed E-state index contributed by atoms with van der Waals surface area (Å²) in [6.45, 7) is 11.7. The molecule has 0 aliphatic rings. The van der Waals surface area contributed by atoms with Crippen molar-refractivity contribution in [2.24, 2.45) is 0 Å². The minimum atomic E-state index is -4.74. The third kappa shape index (κ3) is 5.26. The number of fused-ring (bicyclic) bond motifs is 1. The minimum Gasteiger partial charge on any atom is -0.479 e. The maximum Gasteiger partial charge on any atom is 0.573 e. The fraction of sp³-hybridized carbons (Fsp3) is 0.500. The zero-order valence-corrected chi connectivity index (χ0v) is 19.0. The Morgan fingerprint density at radius 2 is 1.71 bits per heavy atom. The summed E-state index contributed by atoms with van der Waals surface area (Å²) in [6.07, 6.45) is -2.94. The molecule has 2 aromatic heterocycles. The lowest BCUT2D eigenvalue weighted by Crippen LogP contribution is -2.17. The summed E-state index contributed by atoms with van der Waals surface area (Å²) >= 11 is 0. The van der Waals surface area contributed by atoms with Crippen LogP contribution < -0.4 is 9.47 Å². The molecule has 170 valence electrons. The van der Waals surface area contributed by atoms with Crippen molar-refractivity contribution in [2.75, 3.05) is 7.11 Å². The highest BCUT2D eigenvalue weighted by Gasteiger charge is 2.31. The Kier molecular flexibility index (Phi) is 7.86. The number of alkyl halides is 3. The summed E-state index contributed by atoms with van der Waals surface area (Å²) in [4.78, 5) is 9.35. The van der Waals surface area contributed by atoms with Gasteiger partial charge in [-0.1, -0.05) is 27.7 Å². The second-order valence-electron chi connectivity index (χ2n) is 6.78. The quantitative estimate of drug-likeness (QED) is 0.445. The summed E-state index contributed by atoms with van der Waals surface area (Å²) in [5, 5.41) is 4.61. The Balaban J connectivity index is 0.00000166. The van der Waals surface area contributed by atoms with E-state index in [9.17, 15) is 13.2 Å². The number of hydrogen-bond acceptors (Lipinski definition) is 5. The van der Waals surface area contributed by atoms with Crippen LogP contribution in [0.25, 0.3) is 22.4 Å². The first-order valence-corrected chi connectivity index (χ1v) is 10.4. The number of halogens is 3. The van der Waals surface area contributed by atoms with Gasteiger partial charge in [0.1, 0.15) is 17.0 Å². The molecule has 0 bridgehead atoms. The summed E-state index contributed by atoms with van der Waals surface area (Å²) in [5.41, 5.74) is 3.62. The average Bonchev–Trinajstić information content (AvgIpc) is 3.04. The first-order valence-electron chi connectivity index (χ1n) is 10.4. The molecular weight excluding hydrogens is 409 g/mol. The Hall–Kier alpha value is -2.84. The third-order valence-corrected chi connectivity index (χ3v) is 4.83. The van der Waals surface area contributed by atoms with E-state index in [0.717, 1.165) is 18.5 Å². The molecule has 3 rings (SSSR count). The molecule has 0 spiro atoms. The average molecular weight is 438 g/mol. The van der Waals surface area contributed by atoms with E-state index in [1.807, 2.05) is 25.5 Å². The molecule has 0 atom stereocenters. The molecule has 0 fully saturated rings. The normalized spacial score (nSPS) is 11.5. The van der Waals surface area contributed by atoms with Crippen LogP contribution in [0.1, 0.15) is 57.8 Å². The predicted octanol–water partition coefficient (Wildman–Crippen LogP) is 6.40. The van der Waals surface area contributed by atoms with Gasteiger partial charge in [0.25, 0.3) is 0 Å². The van der Waals surface area contributed by atoms with Gasteiger partial charge in [-0.15, -0.1) is 13.2 Å². The predicted molar refractivity (Wildman–Crippen MR) is 114 cm³/mol. The molecule has 0 unspecified atom stereocenters. The maximum atomic E-state index is 12.5. The molecule has 0 radical (unpaired) electrons. The minimum absolute atomic E-state index is 0.191. The molecule has 0 saturated carbocycles. The number of rotatable bonds is 6. The highest BCUT2D eigenvalue weighted by Crippen LogP contribution is 2.35. The van der Waals surface area contributed by atoms with Crippen LogP contribution >= 0.6 is 0 Å². The van der Waals surface area contributed by atoms with Crippen LogP contribution in [0.15, 0.2) is 18.2 Å². The molecule has 0 aliphatic carbocycles. The van der Waals surface area contributed by atoms with Crippen LogP contribution in [0, 0.1) is 13.8 Å². The van der Waals surface area contributed by atoms with Gasteiger partial charge in [0.2, 0.25) is 5.88 Å². The van der Waals surface area contributed by atoms with E-state index in [-0.39, 0.29) is 17.7 Å². The number of ether oxygens (including phenoxy) is 2. The van der Waals surface area contributed by atoms with E-state index in [0.29, 0.717) is 28.0 Å². The number of benzene rings is 1. The molecule has 2 heterocycles. The van der Waals surface area contributed by atoms with E-state index in [2.05, 4.69) is 28.7 Å². The Morgan fingerprint density at radius 1 is 1.06 bits per heavy atom. The van der Waals surface area contributed by atoms with E-state index in [4.69, 9.17) is 9.72 Å². The standard InChI is InChI=1S/C20H23F3N4O2.C2H6/c1-6-13(7-2)27-18-16(12(4)26-27)24-17(19(25-18)28-5)15-9-8-14(10-11(15)3)29-20(21,22)23;1-2/h8-10,13H,6-7H2,1-5H3;1-2H3. The molecule has 6 nitrogen and oxygen atoms in total. The third-order valence-electron chi connectivity index (χ3n) is 4.83. The van der Waals surface area contributed by atoms with Gasteiger partial charge in [-0.3, -0.25) is 0 Å².